The first-order valence-corrected chi connectivity index (χ1v) is 13.7. The Labute approximate surface area is 241 Å². The Morgan fingerprint density at radius 3 is 2.51 bits per heavy atom. The number of nitrogens with zero attached hydrogens (tertiary/aromatic N) is 1. The zero-order valence-corrected chi connectivity index (χ0v) is 24.0. The average Bonchev–Trinajstić information content (AvgIpc) is 3.43. The van der Waals surface area contributed by atoms with Crippen LogP contribution in [0, 0.1) is 0 Å². The van der Waals surface area contributed by atoms with Crippen LogP contribution in [0.15, 0.2) is 60.7 Å². The van der Waals surface area contributed by atoms with Crippen LogP contribution >= 0.6 is 0 Å². The number of allylic oxidation sites excluding steroid dienone is 1. The number of nitrogens with two attached hydrogens (primary N) is 1. The second-order valence-electron chi connectivity index (χ2n) is 9.57. The minimum absolute atomic E-state index is 0.412. The topological polar surface area (TPSA) is 105 Å². The average molecular weight is 562 g/mol. The number of fused-ring (bicyclic) bond motifs is 1. The van der Waals surface area contributed by atoms with E-state index in [4.69, 9.17) is 29.4 Å². The molecule has 2 aliphatic rings. The highest BCUT2D eigenvalue weighted by Crippen LogP contribution is 2.37. The maximum atomic E-state index is 11.8. The van der Waals surface area contributed by atoms with Gasteiger partial charge in [-0.05, 0) is 37.4 Å². The summed E-state index contributed by atoms with van der Waals surface area (Å²) in [4.78, 5) is 14.1. The van der Waals surface area contributed by atoms with Crippen LogP contribution in [0.1, 0.15) is 22.3 Å². The highest BCUT2D eigenvalue weighted by atomic mass is 16.5. The van der Waals surface area contributed by atoms with Crippen molar-refractivity contribution >= 4 is 23.3 Å². The normalized spacial score (nSPS) is 15.6. The minimum atomic E-state index is 0.412. The molecule has 0 unspecified atom stereocenters. The number of aldehydes is 1. The van der Waals surface area contributed by atoms with Crippen LogP contribution in [-0.2, 0) is 27.4 Å². The number of hydrogen-bond acceptors (Lipinski definition) is 9. The molecule has 3 aromatic rings. The van der Waals surface area contributed by atoms with E-state index in [1.807, 2.05) is 61.6 Å². The van der Waals surface area contributed by atoms with E-state index in [1.54, 1.807) is 20.3 Å². The van der Waals surface area contributed by atoms with Crippen LogP contribution in [0.4, 0.5) is 5.69 Å². The third-order valence-corrected chi connectivity index (χ3v) is 6.95. The highest BCUT2D eigenvalue weighted by molar-refractivity contribution is 6.18. The molecule has 5 rings (SSSR count). The molecule has 1 saturated heterocycles. The quantitative estimate of drug-likeness (QED) is 0.216. The van der Waals surface area contributed by atoms with Gasteiger partial charge in [0.05, 0.1) is 33.0 Å². The molecule has 0 amide bonds. The van der Waals surface area contributed by atoms with Crippen molar-refractivity contribution in [3.63, 3.8) is 0 Å². The minimum Gasteiger partial charge on any atom is -0.497 e. The van der Waals surface area contributed by atoms with Crippen molar-refractivity contribution in [1.29, 1.82) is 0 Å². The largest absolute Gasteiger partial charge is 0.497 e. The van der Waals surface area contributed by atoms with Gasteiger partial charge in [0.15, 0.2) is 6.29 Å². The molecule has 0 spiro atoms. The van der Waals surface area contributed by atoms with Gasteiger partial charge in [-0.3, -0.25) is 9.69 Å². The standard InChI is InChI=1S/C22H24N2O4.C10H15NO2/c23-21-4-2-1-3-19(21)20(14-25)22-18-6-5-17(13-16(18)15-28-22)27-12-9-24-7-10-26-11-8-24;1-11-7-8-4-5-9(12-2)6-10(8)13-3/h1-6,13-14H,7-12,15,23H2;4-6,11H,7H2,1-3H3/b22-20-;. The maximum Gasteiger partial charge on any atom is 0.154 e. The molecule has 218 valence electrons. The van der Waals surface area contributed by atoms with E-state index in [9.17, 15) is 4.79 Å². The van der Waals surface area contributed by atoms with Gasteiger partial charge in [-0.25, -0.2) is 0 Å². The number of nitrogen functional groups attached to an aromatic ring is 1. The number of ether oxygens (including phenoxy) is 5. The maximum absolute atomic E-state index is 11.8. The predicted molar refractivity (Wildman–Crippen MR) is 160 cm³/mol. The van der Waals surface area contributed by atoms with Crippen LogP contribution in [0.5, 0.6) is 17.2 Å². The van der Waals surface area contributed by atoms with Gasteiger partial charge in [0.2, 0.25) is 0 Å². The third-order valence-electron chi connectivity index (χ3n) is 6.95. The number of para-hydroxylation sites is 1. The Kier molecular flexibility index (Phi) is 11.0. The SMILES string of the molecule is CNCc1ccc(OC)cc1OC.Nc1ccccc1/C(C=O)=C1\OCc2cc(OCCN3CCOCC3)ccc21. The lowest BCUT2D eigenvalue weighted by Crippen LogP contribution is -2.38. The molecule has 0 atom stereocenters. The number of benzene rings is 3. The summed E-state index contributed by atoms with van der Waals surface area (Å²) in [6, 6.07) is 19.0. The first-order chi connectivity index (χ1) is 20.1. The van der Waals surface area contributed by atoms with E-state index in [0.29, 0.717) is 35.8 Å². The third kappa shape index (κ3) is 7.79. The second-order valence-corrected chi connectivity index (χ2v) is 9.57. The highest BCUT2D eigenvalue weighted by Gasteiger charge is 2.24. The van der Waals surface area contributed by atoms with Gasteiger partial charge in [-0.2, -0.15) is 0 Å². The molecule has 0 aliphatic carbocycles. The summed E-state index contributed by atoms with van der Waals surface area (Å²) in [5.74, 6) is 3.05. The van der Waals surface area contributed by atoms with Crippen molar-refractivity contribution in [2.75, 3.05) is 66.5 Å². The fraction of sp³-hybridized carbons (Fsp3) is 0.344. The van der Waals surface area contributed by atoms with Crippen molar-refractivity contribution in [2.24, 2.45) is 0 Å². The van der Waals surface area contributed by atoms with Gasteiger partial charge < -0.3 is 34.7 Å². The fourth-order valence-electron chi connectivity index (χ4n) is 4.74. The molecule has 0 saturated carbocycles. The summed E-state index contributed by atoms with van der Waals surface area (Å²) in [7, 11) is 5.21. The summed E-state index contributed by atoms with van der Waals surface area (Å²) >= 11 is 0. The lowest BCUT2D eigenvalue weighted by molar-refractivity contribution is -0.103. The molecule has 2 aliphatic heterocycles. The monoisotopic (exact) mass is 561 g/mol. The van der Waals surface area contributed by atoms with Crippen LogP contribution < -0.4 is 25.3 Å². The summed E-state index contributed by atoms with van der Waals surface area (Å²) in [6.45, 7) is 6.20. The van der Waals surface area contributed by atoms with Crippen molar-refractivity contribution < 1.29 is 28.5 Å². The van der Waals surface area contributed by atoms with Gasteiger partial charge in [0, 0.05) is 60.2 Å². The van der Waals surface area contributed by atoms with Crippen LogP contribution in [0.2, 0.25) is 0 Å². The first kappa shape index (κ1) is 29.9. The first-order valence-electron chi connectivity index (χ1n) is 13.7. The van der Waals surface area contributed by atoms with E-state index in [0.717, 1.165) is 79.6 Å². The van der Waals surface area contributed by atoms with E-state index >= 15 is 0 Å². The van der Waals surface area contributed by atoms with E-state index in [-0.39, 0.29) is 0 Å². The van der Waals surface area contributed by atoms with Crippen LogP contribution in [0.3, 0.4) is 0 Å². The zero-order chi connectivity index (χ0) is 29.0. The Balaban J connectivity index is 0.000000251. The number of carbonyl (C=O) groups is 1. The van der Waals surface area contributed by atoms with Crippen molar-refractivity contribution in [3.05, 3.63) is 82.9 Å². The number of nitrogens with one attached hydrogen (secondary N) is 1. The fourth-order valence-corrected chi connectivity index (χ4v) is 4.74. The van der Waals surface area contributed by atoms with Crippen LogP contribution in [0.25, 0.3) is 11.3 Å². The summed E-state index contributed by atoms with van der Waals surface area (Å²) < 4.78 is 27.4. The molecule has 0 radical (unpaired) electrons. The second kappa shape index (κ2) is 15.1. The molecule has 0 aromatic heterocycles. The van der Waals surface area contributed by atoms with Gasteiger partial charge in [-0.1, -0.05) is 24.3 Å². The van der Waals surface area contributed by atoms with Crippen molar-refractivity contribution in [3.8, 4) is 17.2 Å². The molecular weight excluding hydrogens is 522 g/mol. The van der Waals surface area contributed by atoms with Gasteiger partial charge in [0.1, 0.15) is 36.2 Å². The number of carbonyl (C=O) groups excluding carboxylic acids is 1. The van der Waals surface area contributed by atoms with Crippen molar-refractivity contribution in [2.45, 2.75) is 13.2 Å². The molecule has 3 N–H and O–H groups in total. The zero-order valence-electron chi connectivity index (χ0n) is 24.0. The van der Waals surface area contributed by atoms with E-state index in [1.165, 1.54) is 0 Å². The van der Waals surface area contributed by atoms with Crippen LogP contribution in [-0.4, -0.2) is 71.9 Å². The van der Waals surface area contributed by atoms with Gasteiger partial charge >= 0.3 is 0 Å². The Bertz CT molecular complexity index is 1340. The lowest BCUT2D eigenvalue weighted by Gasteiger charge is -2.26. The summed E-state index contributed by atoms with van der Waals surface area (Å²) in [6.07, 6.45) is 0.808. The Hall–Kier alpha value is -4.05. The number of anilines is 1. The van der Waals surface area contributed by atoms with E-state index in [2.05, 4.69) is 10.2 Å². The smallest absolute Gasteiger partial charge is 0.154 e. The molecule has 3 aromatic carbocycles. The molecule has 9 nitrogen and oxygen atoms in total. The van der Waals surface area contributed by atoms with Gasteiger partial charge in [0.25, 0.3) is 0 Å². The molecule has 0 bridgehead atoms. The van der Waals surface area contributed by atoms with Gasteiger partial charge in [-0.15, -0.1) is 0 Å². The Morgan fingerprint density at radius 1 is 1.02 bits per heavy atom. The molecule has 9 heteroatoms. The Morgan fingerprint density at radius 2 is 1.80 bits per heavy atom. The molecule has 2 heterocycles. The predicted octanol–water partition coefficient (Wildman–Crippen LogP) is 4.00. The molecule has 41 heavy (non-hydrogen) atoms. The van der Waals surface area contributed by atoms with Crippen molar-refractivity contribution in [1.82, 2.24) is 10.2 Å². The summed E-state index contributed by atoms with van der Waals surface area (Å²) in [5.41, 5.74) is 10.8. The number of hydrogen-bond donors (Lipinski definition) is 2. The summed E-state index contributed by atoms with van der Waals surface area (Å²) in [5, 5.41) is 3.08. The number of methoxy groups -OCH3 is 2. The molecular formula is C32H39N3O6. The lowest BCUT2D eigenvalue weighted by atomic mass is 9.99. The molecule has 1 fully saturated rings. The number of morpholine rings is 1. The van der Waals surface area contributed by atoms with E-state index < -0.39 is 0 Å². The number of rotatable bonds is 10.